The molecule has 1 atom stereocenters. The highest BCUT2D eigenvalue weighted by atomic mass is 35.5. The number of nitrogens with zero attached hydrogens (tertiary/aromatic N) is 1. The van der Waals surface area contributed by atoms with Crippen LogP contribution in [0.2, 0.25) is 5.02 Å². The van der Waals surface area contributed by atoms with Gasteiger partial charge in [-0.05, 0) is 50.2 Å². The Morgan fingerprint density at radius 2 is 2.30 bits per heavy atom. The van der Waals surface area contributed by atoms with Crippen molar-refractivity contribution in [3.8, 4) is 0 Å². The topological polar surface area (TPSA) is 27.3 Å². The molecule has 1 heterocycles. The predicted octanol–water partition coefficient (Wildman–Crippen LogP) is 2.17. The highest BCUT2D eigenvalue weighted by Gasteiger charge is 2.15. The number of halogens is 2. The third kappa shape index (κ3) is 4.42. The second-order valence-electron chi connectivity index (χ2n) is 5.57. The first-order valence-corrected chi connectivity index (χ1v) is 7.51. The van der Waals surface area contributed by atoms with Gasteiger partial charge in [0.15, 0.2) is 0 Å². The zero-order valence-corrected chi connectivity index (χ0v) is 12.9. The van der Waals surface area contributed by atoms with Crippen LogP contribution in [0, 0.1) is 12.7 Å². The minimum absolute atomic E-state index is 0.193. The molecule has 0 amide bonds. The molecule has 1 unspecified atom stereocenters. The molecule has 1 aliphatic rings. The fourth-order valence-electron chi connectivity index (χ4n) is 2.51. The monoisotopic (exact) mass is 299 g/mol. The van der Waals surface area contributed by atoms with Crippen molar-refractivity contribution in [1.29, 1.82) is 0 Å². The largest absolute Gasteiger partial charge is 0.313 e. The van der Waals surface area contributed by atoms with Gasteiger partial charge in [-0.1, -0.05) is 11.6 Å². The van der Waals surface area contributed by atoms with Gasteiger partial charge in [0.05, 0.1) is 0 Å². The van der Waals surface area contributed by atoms with Crippen molar-refractivity contribution in [2.75, 3.05) is 33.2 Å². The lowest BCUT2D eigenvalue weighted by atomic mass is 10.1. The van der Waals surface area contributed by atoms with E-state index in [2.05, 4.69) is 22.6 Å². The third-order valence-electron chi connectivity index (χ3n) is 3.77. The summed E-state index contributed by atoms with van der Waals surface area (Å²) in [4.78, 5) is 2.34. The van der Waals surface area contributed by atoms with Gasteiger partial charge in [-0.2, -0.15) is 0 Å². The van der Waals surface area contributed by atoms with E-state index in [4.69, 9.17) is 11.6 Å². The van der Waals surface area contributed by atoms with Gasteiger partial charge in [0.2, 0.25) is 0 Å². The summed E-state index contributed by atoms with van der Waals surface area (Å²) in [6, 6.07) is 3.74. The number of rotatable bonds is 5. The molecule has 1 saturated heterocycles. The van der Waals surface area contributed by atoms with Crippen molar-refractivity contribution in [2.45, 2.75) is 25.9 Å². The van der Waals surface area contributed by atoms with E-state index in [0.717, 1.165) is 38.2 Å². The Bertz CT molecular complexity index is 453. The van der Waals surface area contributed by atoms with Gasteiger partial charge in [-0.3, -0.25) is 0 Å². The molecule has 0 aliphatic carbocycles. The van der Waals surface area contributed by atoms with Gasteiger partial charge in [0, 0.05) is 37.2 Å². The Balaban J connectivity index is 1.74. The lowest BCUT2D eigenvalue weighted by Gasteiger charge is -2.31. The smallest absolute Gasteiger partial charge is 0.126 e. The van der Waals surface area contributed by atoms with Crippen molar-refractivity contribution in [1.82, 2.24) is 15.5 Å². The van der Waals surface area contributed by atoms with Crippen LogP contribution in [0.4, 0.5) is 4.39 Å². The van der Waals surface area contributed by atoms with Gasteiger partial charge < -0.3 is 15.5 Å². The van der Waals surface area contributed by atoms with Crippen LogP contribution in [0.25, 0.3) is 0 Å². The Kier molecular flexibility index (Phi) is 5.78. The molecule has 20 heavy (non-hydrogen) atoms. The lowest BCUT2D eigenvalue weighted by molar-refractivity contribution is 0.231. The van der Waals surface area contributed by atoms with E-state index < -0.39 is 0 Å². The molecule has 1 aromatic rings. The molecule has 0 aromatic heterocycles. The Morgan fingerprint density at radius 1 is 1.50 bits per heavy atom. The molecular weight excluding hydrogens is 277 g/mol. The van der Waals surface area contributed by atoms with Crippen LogP contribution in [0.3, 0.4) is 0 Å². The minimum Gasteiger partial charge on any atom is -0.313 e. The maximum atomic E-state index is 13.5. The average molecular weight is 300 g/mol. The molecule has 5 heteroatoms. The SMILES string of the molecule is Cc1cc(Cl)c(CNCCC2CN(C)CCN2)cc1F. The minimum atomic E-state index is -0.193. The molecular formula is C15H23ClFN3. The zero-order chi connectivity index (χ0) is 14.5. The van der Waals surface area contributed by atoms with Crippen molar-refractivity contribution in [2.24, 2.45) is 0 Å². The Hall–Kier alpha value is -0.680. The molecule has 1 fully saturated rings. The van der Waals surface area contributed by atoms with Crippen LogP contribution in [0.1, 0.15) is 17.5 Å². The molecule has 2 rings (SSSR count). The van der Waals surface area contributed by atoms with Crippen LogP contribution in [0.15, 0.2) is 12.1 Å². The number of likely N-dealkylation sites (N-methyl/N-ethyl adjacent to an activating group) is 1. The average Bonchev–Trinajstić information content (AvgIpc) is 2.40. The number of benzene rings is 1. The highest BCUT2D eigenvalue weighted by Crippen LogP contribution is 2.20. The summed E-state index contributed by atoms with van der Waals surface area (Å²) < 4.78 is 13.5. The molecule has 0 spiro atoms. The summed E-state index contributed by atoms with van der Waals surface area (Å²) in [5.74, 6) is -0.193. The summed E-state index contributed by atoms with van der Waals surface area (Å²) in [6.07, 6.45) is 1.07. The van der Waals surface area contributed by atoms with Gasteiger partial charge in [0.25, 0.3) is 0 Å². The number of aryl methyl sites for hydroxylation is 1. The number of nitrogens with one attached hydrogen (secondary N) is 2. The van der Waals surface area contributed by atoms with Gasteiger partial charge in [-0.15, -0.1) is 0 Å². The Morgan fingerprint density at radius 3 is 3.05 bits per heavy atom. The highest BCUT2D eigenvalue weighted by molar-refractivity contribution is 6.31. The van der Waals surface area contributed by atoms with E-state index in [1.54, 1.807) is 13.0 Å². The van der Waals surface area contributed by atoms with Crippen LogP contribution < -0.4 is 10.6 Å². The van der Waals surface area contributed by atoms with Gasteiger partial charge >= 0.3 is 0 Å². The summed E-state index contributed by atoms with van der Waals surface area (Å²) in [5, 5.41) is 7.48. The predicted molar refractivity (Wildman–Crippen MR) is 81.8 cm³/mol. The second-order valence-corrected chi connectivity index (χ2v) is 5.98. The third-order valence-corrected chi connectivity index (χ3v) is 4.12. The standard InChI is InChI=1S/C15H23ClFN3/c1-11-7-14(16)12(8-15(11)17)9-18-4-3-13-10-20(2)6-5-19-13/h7-8,13,18-19H,3-6,9-10H2,1-2H3. The van der Waals surface area contributed by atoms with E-state index in [1.165, 1.54) is 6.07 Å². The fraction of sp³-hybridized carbons (Fsp3) is 0.600. The van der Waals surface area contributed by atoms with Gasteiger partial charge in [-0.25, -0.2) is 4.39 Å². The van der Waals surface area contributed by atoms with Crippen LogP contribution in [0.5, 0.6) is 0 Å². The maximum Gasteiger partial charge on any atom is 0.126 e. The van der Waals surface area contributed by atoms with E-state index in [0.29, 0.717) is 23.2 Å². The van der Waals surface area contributed by atoms with Gasteiger partial charge in [0.1, 0.15) is 5.82 Å². The summed E-state index contributed by atoms with van der Waals surface area (Å²) in [5.41, 5.74) is 1.41. The van der Waals surface area contributed by atoms with E-state index in [1.807, 2.05) is 0 Å². The molecule has 0 saturated carbocycles. The number of hydrogen-bond donors (Lipinski definition) is 2. The quantitative estimate of drug-likeness (QED) is 0.816. The summed E-state index contributed by atoms with van der Waals surface area (Å²) in [7, 11) is 2.15. The van der Waals surface area contributed by atoms with Crippen LogP contribution in [-0.2, 0) is 6.54 Å². The first-order valence-electron chi connectivity index (χ1n) is 7.13. The van der Waals surface area contributed by atoms with Crippen molar-refractivity contribution >= 4 is 11.6 Å². The Labute approximate surface area is 125 Å². The molecule has 3 nitrogen and oxygen atoms in total. The van der Waals surface area contributed by atoms with E-state index in [9.17, 15) is 4.39 Å². The lowest BCUT2D eigenvalue weighted by Crippen LogP contribution is -2.49. The number of hydrogen-bond acceptors (Lipinski definition) is 3. The molecule has 1 aliphatic heterocycles. The van der Waals surface area contributed by atoms with Crippen molar-refractivity contribution in [3.05, 3.63) is 34.1 Å². The maximum absolute atomic E-state index is 13.5. The van der Waals surface area contributed by atoms with Crippen LogP contribution in [-0.4, -0.2) is 44.2 Å². The first kappa shape index (κ1) is 15.7. The normalized spacial score (nSPS) is 20.3. The zero-order valence-electron chi connectivity index (χ0n) is 12.2. The van der Waals surface area contributed by atoms with Crippen molar-refractivity contribution in [3.63, 3.8) is 0 Å². The number of piperazine rings is 1. The molecule has 0 radical (unpaired) electrons. The summed E-state index contributed by atoms with van der Waals surface area (Å²) in [6.45, 7) is 6.49. The van der Waals surface area contributed by atoms with Crippen LogP contribution >= 0.6 is 11.6 Å². The van der Waals surface area contributed by atoms with E-state index in [-0.39, 0.29) is 5.82 Å². The molecule has 112 valence electrons. The first-order chi connectivity index (χ1) is 9.56. The summed E-state index contributed by atoms with van der Waals surface area (Å²) >= 11 is 6.12. The molecule has 0 bridgehead atoms. The molecule has 1 aromatic carbocycles. The second kappa shape index (κ2) is 7.36. The van der Waals surface area contributed by atoms with E-state index >= 15 is 0 Å². The fourth-order valence-corrected chi connectivity index (χ4v) is 2.79. The molecule has 2 N–H and O–H groups in total. The van der Waals surface area contributed by atoms with Crippen molar-refractivity contribution < 1.29 is 4.39 Å².